The van der Waals surface area contributed by atoms with Crippen molar-refractivity contribution in [3.63, 3.8) is 0 Å². The molecular weight excluding hydrogens is 258 g/mol. The molecular formula is C14H21N3O3. The number of rotatable bonds is 6. The summed E-state index contributed by atoms with van der Waals surface area (Å²) >= 11 is 0. The molecule has 0 fully saturated rings. The van der Waals surface area contributed by atoms with E-state index in [0.717, 1.165) is 5.56 Å². The number of aryl methyl sites for hydroxylation is 1. The quantitative estimate of drug-likeness (QED) is 0.319. The molecule has 20 heavy (non-hydrogen) atoms. The number of nitrogens with zero attached hydrogens (tertiary/aromatic N) is 1. The van der Waals surface area contributed by atoms with Gasteiger partial charge >= 0.3 is 0 Å². The van der Waals surface area contributed by atoms with Crippen LogP contribution in [0.3, 0.4) is 0 Å². The minimum absolute atomic E-state index is 0.0960. The highest BCUT2D eigenvalue weighted by atomic mass is 16.5. The molecule has 0 aliphatic rings. The van der Waals surface area contributed by atoms with Crippen LogP contribution in [0.15, 0.2) is 23.4 Å². The molecule has 4 N–H and O–H groups in total. The Labute approximate surface area is 118 Å². The zero-order valence-corrected chi connectivity index (χ0v) is 12.0. The van der Waals surface area contributed by atoms with E-state index >= 15 is 0 Å². The maximum atomic E-state index is 12.2. The number of hydrogen-bond donors (Lipinski definition) is 3. The van der Waals surface area contributed by atoms with Gasteiger partial charge in [-0.3, -0.25) is 4.79 Å². The Morgan fingerprint density at radius 3 is 2.80 bits per heavy atom. The fraction of sp³-hybridized carbons (Fsp3) is 0.429. The largest absolute Gasteiger partial charge is 0.496 e. The molecule has 0 aliphatic carbocycles. The highest BCUT2D eigenvalue weighted by Crippen LogP contribution is 2.19. The molecule has 0 heterocycles. The Morgan fingerprint density at radius 2 is 2.25 bits per heavy atom. The molecule has 0 radical (unpaired) electrons. The van der Waals surface area contributed by atoms with E-state index in [0.29, 0.717) is 24.2 Å². The summed E-state index contributed by atoms with van der Waals surface area (Å²) in [6.07, 6.45) is 0.993. The number of amidine groups is 1. The van der Waals surface area contributed by atoms with Gasteiger partial charge in [0.2, 0.25) is 0 Å². The van der Waals surface area contributed by atoms with Crippen molar-refractivity contribution >= 4 is 11.7 Å². The molecule has 0 aliphatic heterocycles. The van der Waals surface area contributed by atoms with Crippen LogP contribution < -0.4 is 15.8 Å². The topological polar surface area (TPSA) is 96.9 Å². The third-order valence-corrected chi connectivity index (χ3v) is 3.08. The van der Waals surface area contributed by atoms with Crippen molar-refractivity contribution in [3.05, 3.63) is 29.3 Å². The van der Waals surface area contributed by atoms with Crippen LogP contribution in [0.5, 0.6) is 5.75 Å². The maximum Gasteiger partial charge on any atom is 0.251 e. The van der Waals surface area contributed by atoms with Crippen molar-refractivity contribution in [2.45, 2.75) is 32.7 Å². The molecule has 1 aromatic carbocycles. The molecule has 0 spiro atoms. The number of carbonyl (C=O) groups is 1. The van der Waals surface area contributed by atoms with E-state index in [4.69, 9.17) is 15.7 Å². The zero-order chi connectivity index (χ0) is 15.1. The molecule has 110 valence electrons. The van der Waals surface area contributed by atoms with Crippen LogP contribution in [0, 0.1) is 6.92 Å². The smallest absolute Gasteiger partial charge is 0.251 e. The fourth-order valence-electron chi connectivity index (χ4n) is 1.82. The van der Waals surface area contributed by atoms with Crippen LogP contribution in [0.25, 0.3) is 0 Å². The first-order chi connectivity index (χ1) is 9.51. The van der Waals surface area contributed by atoms with Crippen LogP contribution in [-0.2, 0) is 0 Å². The van der Waals surface area contributed by atoms with E-state index in [1.165, 1.54) is 0 Å². The van der Waals surface area contributed by atoms with E-state index in [2.05, 4.69) is 10.5 Å². The molecule has 1 unspecified atom stereocenters. The molecule has 1 aromatic rings. The Balaban J connectivity index is 2.79. The second-order valence-electron chi connectivity index (χ2n) is 4.56. The lowest BCUT2D eigenvalue weighted by molar-refractivity contribution is 0.0936. The molecule has 0 saturated carbocycles. The maximum absolute atomic E-state index is 12.2. The molecule has 6 nitrogen and oxygen atoms in total. The number of hydrogen-bond acceptors (Lipinski definition) is 4. The van der Waals surface area contributed by atoms with E-state index in [1.54, 1.807) is 19.2 Å². The zero-order valence-electron chi connectivity index (χ0n) is 12.0. The lowest BCUT2D eigenvalue weighted by atomic mass is 10.1. The van der Waals surface area contributed by atoms with Crippen LogP contribution in [0.1, 0.15) is 35.7 Å². The number of carbonyl (C=O) groups excluding carboxylic acids is 1. The lowest BCUT2D eigenvalue weighted by Crippen LogP contribution is -2.37. The van der Waals surface area contributed by atoms with Crippen molar-refractivity contribution in [3.8, 4) is 5.75 Å². The first kappa shape index (κ1) is 15.8. The third kappa shape index (κ3) is 4.15. The summed E-state index contributed by atoms with van der Waals surface area (Å²) in [7, 11) is 1.57. The predicted molar refractivity (Wildman–Crippen MR) is 77.3 cm³/mol. The van der Waals surface area contributed by atoms with E-state index in [9.17, 15) is 4.79 Å². The first-order valence-electron chi connectivity index (χ1n) is 6.43. The molecule has 1 amide bonds. The lowest BCUT2D eigenvalue weighted by Gasteiger charge is -2.16. The predicted octanol–water partition coefficient (Wildman–Crippen LogP) is 1.65. The van der Waals surface area contributed by atoms with E-state index in [1.807, 2.05) is 19.9 Å². The molecule has 0 bridgehead atoms. The van der Waals surface area contributed by atoms with E-state index in [-0.39, 0.29) is 17.8 Å². The summed E-state index contributed by atoms with van der Waals surface area (Å²) in [6.45, 7) is 3.83. The summed E-state index contributed by atoms with van der Waals surface area (Å²) < 4.78 is 5.20. The van der Waals surface area contributed by atoms with Gasteiger partial charge in [-0.05, 0) is 31.0 Å². The van der Waals surface area contributed by atoms with Gasteiger partial charge in [-0.2, -0.15) is 0 Å². The third-order valence-electron chi connectivity index (χ3n) is 3.08. The van der Waals surface area contributed by atoms with Gasteiger partial charge in [0.25, 0.3) is 5.91 Å². The van der Waals surface area contributed by atoms with Crippen molar-refractivity contribution in [2.75, 3.05) is 7.11 Å². The molecule has 1 rings (SSSR count). The standard InChI is InChI=1S/C14H21N3O3/c1-4-11(8-13(15)17-19)16-14(18)10-6-5-9(2)12(7-10)20-3/h5-7,11,19H,4,8H2,1-3H3,(H2,15,17)(H,16,18). The fourth-order valence-corrected chi connectivity index (χ4v) is 1.82. The highest BCUT2D eigenvalue weighted by Gasteiger charge is 2.15. The number of nitrogens with one attached hydrogen (secondary N) is 1. The molecule has 0 aromatic heterocycles. The SMILES string of the molecule is CCC(CC(N)=NO)NC(=O)c1ccc(C)c(OC)c1. The number of methoxy groups -OCH3 is 1. The normalized spacial score (nSPS) is 12.8. The summed E-state index contributed by atoms with van der Waals surface area (Å²) in [6, 6.07) is 5.09. The van der Waals surface area contributed by atoms with Gasteiger partial charge in [0.1, 0.15) is 11.6 Å². The number of benzene rings is 1. The number of oxime groups is 1. The van der Waals surface area contributed by atoms with Crippen molar-refractivity contribution < 1.29 is 14.7 Å². The van der Waals surface area contributed by atoms with Gasteiger partial charge in [0, 0.05) is 18.0 Å². The summed E-state index contributed by atoms with van der Waals surface area (Å²) in [4.78, 5) is 12.2. The number of amides is 1. The van der Waals surface area contributed by atoms with Crippen molar-refractivity contribution in [1.29, 1.82) is 0 Å². The summed E-state index contributed by atoms with van der Waals surface area (Å²) in [5.74, 6) is 0.557. The Bertz CT molecular complexity index is 500. The van der Waals surface area contributed by atoms with Gasteiger partial charge in [-0.15, -0.1) is 0 Å². The van der Waals surface area contributed by atoms with Crippen molar-refractivity contribution in [1.82, 2.24) is 5.32 Å². The van der Waals surface area contributed by atoms with Gasteiger partial charge in [-0.1, -0.05) is 18.1 Å². The monoisotopic (exact) mass is 279 g/mol. The van der Waals surface area contributed by atoms with Gasteiger partial charge in [-0.25, -0.2) is 0 Å². The van der Waals surface area contributed by atoms with Crippen LogP contribution in [0.2, 0.25) is 0 Å². The van der Waals surface area contributed by atoms with Crippen LogP contribution in [-0.4, -0.2) is 30.1 Å². The minimum Gasteiger partial charge on any atom is -0.496 e. The molecule has 6 heteroatoms. The van der Waals surface area contributed by atoms with Gasteiger partial charge < -0.3 is 21.0 Å². The average Bonchev–Trinajstić information content (AvgIpc) is 2.46. The second-order valence-corrected chi connectivity index (χ2v) is 4.56. The second kappa shape index (κ2) is 7.37. The summed E-state index contributed by atoms with van der Waals surface area (Å²) in [5.41, 5.74) is 6.94. The minimum atomic E-state index is -0.208. The van der Waals surface area contributed by atoms with Gasteiger partial charge in [0.15, 0.2) is 0 Å². The van der Waals surface area contributed by atoms with Crippen LogP contribution in [0.4, 0.5) is 0 Å². The van der Waals surface area contributed by atoms with Crippen LogP contribution >= 0.6 is 0 Å². The molecule has 1 atom stereocenters. The summed E-state index contributed by atoms with van der Waals surface area (Å²) in [5, 5.41) is 14.3. The Kier molecular flexibility index (Phi) is 5.83. The Morgan fingerprint density at radius 1 is 1.55 bits per heavy atom. The van der Waals surface area contributed by atoms with Gasteiger partial charge in [0.05, 0.1) is 7.11 Å². The number of ether oxygens (including phenoxy) is 1. The average molecular weight is 279 g/mol. The highest BCUT2D eigenvalue weighted by molar-refractivity contribution is 5.95. The Hall–Kier alpha value is -2.24. The van der Waals surface area contributed by atoms with E-state index < -0.39 is 0 Å². The number of nitrogens with two attached hydrogens (primary N) is 1. The van der Waals surface area contributed by atoms with Crippen molar-refractivity contribution in [2.24, 2.45) is 10.9 Å². The molecule has 0 saturated heterocycles. The first-order valence-corrected chi connectivity index (χ1v) is 6.43.